The van der Waals surface area contributed by atoms with Crippen LogP contribution in [0.15, 0.2) is 48.8 Å². The number of aliphatic hydroxyl groups excluding tert-OH is 1. The number of hydrogen-bond acceptors (Lipinski definition) is 5. The van der Waals surface area contributed by atoms with E-state index >= 15 is 0 Å². The van der Waals surface area contributed by atoms with E-state index in [1.54, 1.807) is 31.5 Å². The highest BCUT2D eigenvalue weighted by Gasteiger charge is 2.20. The third-order valence-electron chi connectivity index (χ3n) is 3.15. The van der Waals surface area contributed by atoms with E-state index in [1.165, 1.54) is 0 Å². The zero-order valence-electron chi connectivity index (χ0n) is 12.6. The maximum Gasteiger partial charge on any atom is 0.336 e. The number of esters is 1. The molecule has 1 atom stereocenters. The van der Waals surface area contributed by atoms with Gasteiger partial charge in [0.2, 0.25) is 0 Å². The van der Waals surface area contributed by atoms with Gasteiger partial charge in [0.1, 0.15) is 6.10 Å². The molecule has 0 aliphatic rings. The average molecular weight is 298 g/mol. The van der Waals surface area contributed by atoms with Gasteiger partial charge in [-0.15, -0.1) is 0 Å². The predicted octanol–water partition coefficient (Wildman–Crippen LogP) is 2.60. The Morgan fingerprint density at radius 2 is 1.91 bits per heavy atom. The van der Waals surface area contributed by atoms with Crippen LogP contribution in [0.2, 0.25) is 0 Å². The van der Waals surface area contributed by atoms with Crippen LogP contribution in [-0.4, -0.2) is 27.7 Å². The molecule has 5 heteroatoms. The molecule has 2 aromatic rings. The lowest BCUT2D eigenvalue weighted by atomic mass is 10.0. The van der Waals surface area contributed by atoms with Gasteiger partial charge in [-0.3, -0.25) is 9.97 Å². The van der Waals surface area contributed by atoms with Gasteiger partial charge in [0.25, 0.3) is 0 Å². The molecule has 2 heterocycles. The number of nitrogens with zero attached hydrogens (tertiary/aromatic N) is 2. The Hall–Kier alpha value is -2.53. The molecule has 5 nitrogen and oxygen atoms in total. The van der Waals surface area contributed by atoms with Crippen LogP contribution >= 0.6 is 0 Å². The SMILES string of the molecule is C=C(C(=O)OCC)C(O)c1ccnc(-c2cc(C)ccn2)c1. The maximum absolute atomic E-state index is 11.6. The minimum absolute atomic E-state index is 0.00352. The monoisotopic (exact) mass is 298 g/mol. The summed E-state index contributed by atoms with van der Waals surface area (Å²) < 4.78 is 4.85. The molecular weight excluding hydrogens is 280 g/mol. The lowest BCUT2D eigenvalue weighted by molar-refractivity contribution is -0.139. The van der Waals surface area contributed by atoms with Gasteiger partial charge in [0, 0.05) is 12.4 Å². The largest absolute Gasteiger partial charge is 0.463 e. The summed E-state index contributed by atoms with van der Waals surface area (Å²) in [6.07, 6.45) is 2.13. The number of carbonyl (C=O) groups excluding carboxylic acids is 1. The van der Waals surface area contributed by atoms with E-state index in [0.717, 1.165) is 5.56 Å². The van der Waals surface area contributed by atoms with E-state index in [9.17, 15) is 9.90 Å². The molecule has 22 heavy (non-hydrogen) atoms. The van der Waals surface area contributed by atoms with Crippen LogP contribution in [0.3, 0.4) is 0 Å². The summed E-state index contributed by atoms with van der Waals surface area (Å²) in [6, 6.07) is 7.12. The summed E-state index contributed by atoms with van der Waals surface area (Å²) >= 11 is 0. The van der Waals surface area contributed by atoms with Crippen molar-refractivity contribution in [2.75, 3.05) is 6.61 Å². The zero-order chi connectivity index (χ0) is 16.1. The van der Waals surface area contributed by atoms with Gasteiger partial charge in [-0.2, -0.15) is 0 Å². The van der Waals surface area contributed by atoms with Crippen molar-refractivity contribution in [2.24, 2.45) is 0 Å². The summed E-state index contributed by atoms with van der Waals surface area (Å²) in [5, 5.41) is 10.3. The van der Waals surface area contributed by atoms with Gasteiger partial charge < -0.3 is 9.84 Å². The van der Waals surface area contributed by atoms with E-state index in [0.29, 0.717) is 17.0 Å². The summed E-state index contributed by atoms with van der Waals surface area (Å²) in [4.78, 5) is 20.2. The molecule has 0 saturated heterocycles. The second-order valence-electron chi connectivity index (χ2n) is 4.84. The van der Waals surface area contributed by atoms with E-state index in [2.05, 4.69) is 16.5 Å². The van der Waals surface area contributed by atoms with Gasteiger partial charge in [-0.05, 0) is 49.2 Å². The lowest BCUT2D eigenvalue weighted by Gasteiger charge is -2.13. The van der Waals surface area contributed by atoms with E-state index < -0.39 is 12.1 Å². The van der Waals surface area contributed by atoms with Crippen LogP contribution in [0.5, 0.6) is 0 Å². The number of pyridine rings is 2. The van der Waals surface area contributed by atoms with Gasteiger partial charge in [0.15, 0.2) is 0 Å². The van der Waals surface area contributed by atoms with Gasteiger partial charge in [-0.1, -0.05) is 6.58 Å². The number of rotatable bonds is 5. The summed E-state index contributed by atoms with van der Waals surface area (Å²) in [6.45, 7) is 7.51. The Bertz CT molecular complexity index is 698. The molecule has 2 rings (SSSR count). The van der Waals surface area contributed by atoms with Gasteiger partial charge in [0.05, 0.1) is 23.6 Å². The zero-order valence-corrected chi connectivity index (χ0v) is 12.6. The molecule has 0 bridgehead atoms. The molecule has 0 fully saturated rings. The second-order valence-corrected chi connectivity index (χ2v) is 4.84. The van der Waals surface area contributed by atoms with Crippen LogP contribution in [0.4, 0.5) is 0 Å². The third-order valence-corrected chi connectivity index (χ3v) is 3.15. The normalized spacial score (nSPS) is 11.8. The standard InChI is InChI=1S/C17H18N2O3/c1-4-22-17(21)12(3)16(20)13-6-8-19-15(10-13)14-9-11(2)5-7-18-14/h5-10,16,20H,3-4H2,1-2H3. The Kier molecular flexibility index (Phi) is 5.01. The fraction of sp³-hybridized carbons (Fsp3) is 0.235. The Morgan fingerprint density at radius 1 is 1.27 bits per heavy atom. The molecule has 0 amide bonds. The minimum Gasteiger partial charge on any atom is -0.463 e. The van der Waals surface area contributed by atoms with Crippen molar-refractivity contribution in [3.8, 4) is 11.4 Å². The number of aromatic nitrogens is 2. The van der Waals surface area contributed by atoms with Crippen molar-refractivity contribution in [2.45, 2.75) is 20.0 Å². The van der Waals surface area contributed by atoms with Crippen LogP contribution in [0.1, 0.15) is 24.2 Å². The highest BCUT2D eigenvalue weighted by atomic mass is 16.5. The predicted molar refractivity (Wildman–Crippen MR) is 82.9 cm³/mol. The van der Waals surface area contributed by atoms with E-state index in [4.69, 9.17) is 4.74 Å². The molecule has 0 aliphatic heterocycles. The highest BCUT2D eigenvalue weighted by Crippen LogP contribution is 2.24. The highest BCUT2D eigenvalue weighted by molar-refractivity contribution is 5.89. The van der Waals surface area contributed by atoms with Gasteiger partial charge >= 0.3 is 5.97 Å². The average Bonchev–Trinajstić information content (AvgIpc) is 2.54. The van der Waals surface area contributed by atoms with Crippen LogP contribution in [-0.2, 0) is 9.53 Å². The van der Waals surface area contributed by atoms with Crippen molar-refractivity contribution >= 4 is 5.97 Å². The maximum atomic E-state index is 11.6. The molecule has 0 saturated carbocycles. The van der Waals surface area contributed by atoms with E-state index in [1.807, 2.05) is 19.1 Å². The summed E-state index contributed by atoms with van der Waals surface area (Å²) in [5.74, 6) is -0.609. The number of aliphatic hydroxyl groups is 1. The molecule has 114 valence electrons. The Balaban J connectivity index is 2.28. The number of ether oxygens (including phenoxy) is 1. The van der Waals surface area contributed by atoms with Crippen LogP contribution in [0.25, 0.3) is 11.4 Å². The Labute approximate surface area is 129 Å². The van der Waals surface area contributed by atoms with Crippen molar-refractivity contribution in [1.29, 1.82) is 0 Å². The number of hydrogen-bond donors (Lipinski definition) is 1. The van der Waals surface area contributed by atoms with Gasteiger partial charge in [-0.25, -0.2) is 4.79 Å². The first-order valence-corrected chi connectivity index (χ1v) is 6.96. The van der Waals surface area contributed by atoms with Crippen molar-refractivity contribution in [3.05, 3.63) is 59.9 Å². The third kappa shape index (κ3) is 3.56. The number of carbonyl (C=O) groups is 1. The first-order chi connectivity index (χ1) is 10.5. The summed E-state index contributed by atoms with van der Waals surface area (Å²) in [7, 11) is 0. The Morgan fingerprint density at radius 3 is 2.55 bits per heavy atom. The molecule has 0 spiro atoms. The lowest BCUT2D eigenvalue weighted by Crippen LogP contribution is -2.13. The first kappa shape index (κ1) is 15.9. The minimum atomic E-state index is -1.13. The smallest absolute Gasteiger partial charge is 0.336 e. The fourth-order valence-electron chi connectivity index (χ4n) is 1.97. The molecular formula is C17H18N2O3. The molecule has 2 aromatic heterocycles. The molecule has 1 N–H and O–H groups in total. The number of aryl methyl sites for hydroxylation is 1. The van der Waals surface area contributed by atoms with Crippen molar-refractivity contribution < 1.29 is 14.6 Å². The van der Waals surface area contributed by atoms with Crippen LogP contribution < -0.4 is 0 Å². The fourth-order valence-corrected chi connectivity index (χ4v) is 1.97. The van der Waals surface area contributed by atoms with Crippen molar-refractivity contribution in [3.63, 3.8) is 0 Å². The molecule has 0 aromatic carbocycles. The van der Waals surface area contributed by atoms with Crippen LogP contribution in [0, 0.1) is 6.92 Å². The summed E-state index contributed by atoms with van der Waals surface area (Å²) in [5.41, 5.74) is 2.91. The molecule has 1 unspecified atom stereocenters. The first-order valence-electron chi connectivity index (χ1n) is 6.96. The quantitative estimate of drug-likeness (QED) is 0.678. The van der Waals surface area contributed by atoms with E-state index in [-0.39, 0.29) is 12.2 Å². The van der Waals surface area contributed by atoms with Crippen molar-refractivity contribution in [1.82, 2.24) is 9.97 Å². The molecule has 0 aliphatic carbocycles. The topological polar surface area (TPSA) is 72.3 Å². The molecule has 0 radical (unpaired) electrons. The second kappa shape index (κ2) is 6.95.